The summed E-state index contributed by atoms with van der Waals surface area (Å²) in [6.45, 7) is 9.65. The van der Waals surface area contributed by atoms with Crippen LogP contribution < -0.4 is 20.9 Å². The first kappa shape index (κ1) is 41.4. The monoisotopic (exact) mass is 768 g/mol. The van der Waals surface area contributed by atoms with Gasteiger partial charge in [-0.15, -0.1) is 10.2 Å². The zero-order valence-corrected chi connectivity index (χ0v) is 32.4. The maximum atomic E-state index is 14.2. The largest absolute Gasteiger partial charge is 0.483 e. The third-order valence-electron chi connectivity index (χ3n) is 9.93. The van der Waals surface area contributed by atoms with Gasteiger partial charge in [0.05, 0.1) is 11.7 Å². The molecule has 2 aromatic heterocycles. The Kier molecular flexibility index (Phi) is 14.2. The number of alkyl carbamates (subject to hydrolysis) is 1. The van der Waals surface area contributed by atoms with E-state index < -0.39 is 23.6 Å². The lowest BCUT2D eigenvalue weighted by Crippen LogP contribution is -2.50. The molecule has 16 heteroatoms. The van der Waals surface area contributed by atoms with Gasteiger partial charge in [0, 0.05) is 56.0 Å². The Morgan fingerprint density at radius 2 is 1.59 bits per heavy atom. The van der Waals surface area contributed by atoms with Crippen molar-refractivity contribution in [2.24, 2.45) is 17.6 Å². The lowest BCUT2D eigenvalue weighted by Gasteiger charge is -2.33. The number of amides is 3. The molecular formula is C40H52N10O6. The number of likely N-dealkylation sites (N-methyl/N-ethyl adjacent to an activating group) is 1. The number of piperazine rings is 1. The smallest absolute Gasteiger partial charge is 0.407 e. The number of hydrogen-bond donors (Lipinski definition) is 4. The molecule has 1 saturated heterocycles. The Morgan fingerprint density at radius 1 is 0.964 bits per heavy atom. The van der Waals surface area contributed by atoms with Gasteiger partial charge in [-0.1, -0.05) is 24.3 Å². The molecule has 2 aliphatic rings. The van der Waals surface area contributed by atoms with Crippen LogP contribution in [-0.2, 0) is 25.5 Å². The van der Waals surface area contributed by atoms with E-state index in [4.69, 9.17) is 25.4 Å². The molecule has 0 radical (unpaired) electrons. The van der Waals surface area contributed by atoms with Gasteiger partial charge < -0.3 is 30.7 Å². The van der Waals surface area contributed by atoms with Crippen molar-refractivity contribution in [3.05, 3.63) is 72.4 Å². The summed E-state index contributed by atoms with van der Waals surface area (Å²) >= 11 is 0. The third kappa shape index (κ3) is 11.4. The number of tetrazole rings is 1. The molecule has 0 bridgehead atoms. The van der Waals surface area contributed by atoms with Crippen molar-refractivity contribution < 1.29 is 29.0 Å². The number of nitrogens with two attached hydrogens (primary N) is 1. The van der Waals surface area contributed by atoms with Gasteiger partial charge in [-0.25, -0.2) is 14.7 Å². The number of hydrogen-bond acceptors (Lipinski definition) is 12. The molecule has 56 heavy (non-hydrogen) atoms. The first-order valence-corrected chi connectivity index (χ1v) is 18.9. The van der Waals surface area contributed by atoms with E-state index in [1.807, 2.05) is 51.2 Å². The van der Waals surface area contributed by atoms with Crippen LogP contribution in [0.25, 0.3) is 22.5 Å². The van der Waals surface area contributed by atoms with Gasteiger partial charge in [-0.2, -0.15) is 5.21 Å². The highest BCUT2D eigenvalue weighted by Gasteiger charge is 2.35. The number of carbonyl (C=O) groups excluding carboxylic acids is 3. The predicted molar refractivity (Wildman–Crippen MR) is 212 cm³/mol. The Morgan fingerprint density at radius 3 is 2.16 bits per heavy atom. The molecule has 0 unspecified atom stereocenters. The summed E-state index contributed by atoms with van der Waals surface area (Å²) < 4.78 is 5.37. The lowest BCUT2D eigenvalue weighted by atomic mass is 9.81. The number of nitrogens with zero attached hydrogens (tertiary/aromatic N) is 7. The molecule has 5 N–H and O–H groups in total. The van der Waals surface area contributed by atoms with Crippen LogP contribution in [0.15, 0.2) is 66.9 Å². The van der Waals surface area contributed by atoms with Crippen LogP contribution in [0.2, 0.25) is 0 Å². The fourth-order valence-electron chi connectivity index (χ4n) is 6.86. The molecule has 1 atom stereocenters. The maximum Gasteiger partial charge on any atom is 0.407 e. The van der Waals surface area contributed by atoms with E-state index in [0.717, 1.165) is 61.5 Å². The average molecular weight is 769 g/mol. The van der Waals surface area contributed by atoms with Crippen LogP contribution in [0.5, 0.6) is 0 Å². The number of nitrogens with one attached hydrogen (secondary N) is 2. The molecule has 6 rings (SSSR count). The van der Waals surface area contributed by atoms with Gasteiger partial charge in [-0.3, -0.25) is 14.4 Å². The molecule has 1 saturated carbocycles. The van der Waals surface area contributed by atoms with Gasteiger partial charge in [0.15, 0.2) is 0 Å². The number of pyridine rings is 1. The number of anilines is 2. The molecule has 298 valence electrons. The van der Waals surface area contributed by atoms with Crippen LogP contribution in [0.1, 0.15) is 52.0 Å². The zero-order chi connectivity index (χ0) is 40.2. The average Bonchev–Trinajstić information content (AvgIpc) is 3.73. The second-order valence-electron chi connectivity index (χ2n) is 15.2. The number of ether oxygens (including phenoxy) is 1. The summed E-state index contributed by atoms with van der Waals surface area (Å²) in [4.78, 5) is 59.5. The zero-order valence-electron chi connectivity index (χ0n) is 32.4. The number of carboxylic acid groups (broad SMARTS) is 1. The molecule has 16 nitrogen and oxygen atoms in total. The Hall–Kier alpha value is -5.74. The molecule has 1 aliphatic carbocycles. The number of aromatic amines is 1. The van der Waals surface area contributed by atoms with E-state index in [-0.39, 0.29) is 30.6 Å². The standard InChI is InChI=1S/C39H50N10O4.CH2O2/c1-39(2,3)53-38(52)42-24-27-7-11-30(12-8-27)36(50)49(32-16-13-29(14-17-32)35-43-45-46-44-35)37(51)33(40)23-26-5-9-28(10-6-26)31-15-18-34(41-25-31)48-21-19-47(4)20-22-48;2-1-3/h5-6,9-10,13-18,25,27,30,33H,7-8,11-12,19-24,40H2,1-4H3,(H,42,52)(H,43,44,45,46);1H,(H,2,3)/t27?,30?,33-;/m0./s1. The second kappa shape index (κ2) is 19.2. The summed E-state index contributed by atoms with van der Waals surface area (Å²) in [6.07, 6.45) is 4.35. The van der Waals surface area contributed by atoms with Crippen LogP contribution in [0, 0.1) is 11.8 Å². The fraction of sp³-hybridized carbons (Fsp3) is 0.450. The minimum Gasteiger partial charge on any atom is -0.483 e. The predicted octanol–water partition coefficient (Wildman–Crippen LogP) is 4.14. The highest BCUT2D eigenvalue weighted by molar-refractivity contribution is 6.17. The molecular weight excluding hydrogens is 717 g/mol. The van der Waals surface area contributed by atoms with Crippen LogP contribution >= 0.6 is 0 Å². The Bertz CT molecular complexity index is 1870. The molecule has 1 aliphatic heterocycles. The number of carbonyl (C=O) groups is 4. The van der Waals surface area contributed by atoms with E-state index in [1.165, 1.54) is 4.90 Å². The quantitative estimate of drug-likeness (QED) is 0.167. The molecule has 3 heterocycles. The summed E-state index contributed by atoms with van der Waals surface area (Å²) in [5.74, 6) is 0.482. The first-order chi connectivity index (χ1) is 26.8. The summed E-state index contributed by atoms with van der Waals surface area (Å²) in [6, 6.07) is 18.1. The Balaban J connectivity index is 0.00000194. The first-order valence-electron chi connectivity index (χ1n) is 18.9. The van der Waals surface area contributed by atoms with Gasteiger partial charge in [0.1, 0.15) is 11.4 Å². The SMILES string of the molecule is CN1CCN(c2ccc(-c3ccc(C[C@H](N)C(=O)N(C(=O)C4CCC(CNC(=O)OC(C)(C)C)CC4)c4ccc(-c5nn[nH]n5)cc4)cc3)cn2)CC1.O=CO. The summed E-state index contributed by atoms with van der Waals surface area (Å²) in [5, 5.41) is 23.8. The number of aromatic nitrogens is 5. The number of benzene rings is 2. The molecule has 2 fully saturated rings. The van der Waals surface area contributed by atoms with E-state index >= 15 is 0 Å². The lowest BCUT2D eigenvalue weighted by molar-refractivity contribution is -0.130. The van der Waals surface area contributed by atoms with Crippen molar-refractivity contribution in [1.29, 1.82) is 0 Å². The van der Waals surface area contributed by atoms with Crippen molar-refractivity contribution in [1.82, 2.24) is 35.8 Å². The Labute approximate surface area is 326 Å². The van der Waals surface area contributed by atoms with Gasteiger partial charge in [0.25, 0.3) is 12.4 Å². The third-order valence-corrected chi connectivity index (χ3v) is 9.93. The van der Waals surface area contributed by atoms with Crippen molar-refractivity contribution in [3.8, 4) is 22.5 Å². The fourth-order valence-corrected chi connectivity index (χ4v) is 6.86. The maximum absolute atomic E-state index is 14.2. The molecule has 2 aromatic carbocycles. The van der Waals surface area contributed by atoms with E-state index in [1.54, 1.807) is 24.3 Å². The molecule has 0 spiro atoms. The highest BCUT2D eigenvalue weighted by Crippen LogP contribution is 2.32. The highest BCUT2D eigenvalue weighted by atomic mass is 16.6. The normalized spacial score (nSPS) is 17.8. The summed E-state index contributed by atoms with van der Waals surface area (Å²) in [5.41, 5.74) is 10.0. The van der Waals surface area contributed by atoms with Gasteiger partial charge >= 0.3 is 6.09 Å². The van der Waals surface area contributed by atoms with Crippen molar-refractivity contribution in [2.45, 2.75) is 64.5 Å². The van der Waals surface area contributed by atoms with Gasteiger partial charge in [-0.05, 0) is 119 Å². The van der Waals surface area contributed by atoms with Gasteiger partial charge in [0.2, 0.25) is 11.7 Å². The van der Waals surface area contributed by atoms with Crippen molar-refractivity contribution in [3.63, 3.8) is 0 Å². The summed E-state index contributed by atoms with van der Waals surface area (Å²) in [7, 11) is 2.14. The molecule has 4 aromatic rings. The van der Waals surface area contributed by atoms with Crippen LogP contribution in [0.4, 0.5) is 16.3 Å². The van der Waals surface area contributed by atoms with E-state index in [2.05, 4.69) is 54.9 Å². The van der Waals surface area contributed by atoms with E-state index in [0.29, 0.717) is 36.5 Å². The number of H-pyrrole nitrogens is 1. The number of rotatable bonds is 10. The van der Waals surface area contributed by atoms with Crippen molar-refractivity contribution in [2.75, 3.05) is 49.6 Å². The minimum absolute atomic E-state index is 0.209. The van der Waals surface area contributed by atoms with Crippen LogP contribution in [-0.4, -0.2) is 111 Å². The van der Waals surface area contributed by atoms with E-state index in [9.17, 15) is 14.4 Å². The minimum atomic E-state index is -0.958. The van der Waals surface area contributed by atoms with Crippen LogP contribution in [0.3, 0.4) is 0 Å². The number of imide groups is 1. The topological polar surface area (TPSA) is 213 Å². The van der Waals surface area contributed by atoms with Crippen molar-refractivity contribution >= 4 is 35.9 Å². The second-order valence-corrected chi connectivity index (χ2v) is 15.2. The molecule has 3 amide bonds.